The Morgan fingerprint density at radius 3 is 2.72 bits per heavy atom. The molecule has 0 radical (unpaired) electrons. The van der Waals surface area contributed by atoms with Crippen LogP contribution in [0.5, 0.6) is 5.75 Å². The van der Waals surface area contributed by atoms with Crippen LogP contribution in [-0.2, 0) is 19.8 Å². The zero-order valence-corrected chi connectivity index (χ0v) is 20.6. The van der Waals surface area contributed by atoms with Gasteiger partial charge in [0.1, 0.15) is 5.76 Å². The van der Waals surface area contributed by atoms with Crippen LogP contribution < -0.4 is 15.4 Å². The lowest BCUT2D eigenvalue weighted by Crippen LogP contribution is -2.38. The van der Waals surface area contributed by atoms with Crippen molar-refractivity contribution in [3.05, 3.63) is 47.5 Å². The Balaban J connectivity index is 0.00000363. The van der Waals surface area contributed by atoms with Crippen LogP contribution in [-0.4, -0.2) is 28.9 Å². The van der Waals surface area contributed by atoms with Gasteiger partial charge in [-0.25, -0.2) is 4.99 Å². The van der Waals surface area contributed by atoms with Crippen LogP contribution in [0.15, 0.2) is 39.9 Å². The van der Waals surface area contributed by atoms with E-state index in [0.717, 1.165) is 10.1 Å². The summed E-state index contributed by atoms with van der Waals surface area (Å²) >= 11 is 0. The van der Waals surface area contributed by atoms with Gasteiger partial charge in [0, 0.05) is 30.7 Å². The minimum Gasteiger partial charge on any atom is -0.490 e. The summed E-state index contributed by atoms with van der Waals surface area (Å²) in [5.74, 6) is 1.69. The van der Waals surface area contributed by atoms with Gasteiger partial charge in [-0.15, -0.1) is 24.0 Å². The second-order valence-corrected chi connectivity index (χ2v) is 6.99. The summed E-state index contributed by atoms with van der Waals surface area (Å²) in [6.45, 7) is 6.57. The van der Waals surface area contributed by atoms with Crippen LogP contribution in [0, 0.1) is 0 Å². The number of benzene rings is 1. The van der Waals surface area contributed by atoms with E-state index in [2.05, 4.69) is 20.7 Å². The third-order valence-corrected chi connectivity index (χ3v) is 4.53. The molecular weight excluding hydrogens is 538 g/mol. The molecule has 176 valence electrons. The molecule has 2 aromatic heterocycles. The van der Waals surface area contributed by atoms with E-state index in [0.29, 0.717) is 36.2 Å². The highest BCUT2D eigenvalue weighted by molar-refractivity contribution is 14.0. The summed E-state index contributed by atoms with van der Waals surface area (Å²) in [7, 11) is 1.45. The molecule has 1 unspecified atom stereocenters. The van der Waals surface area contributed by atoms with Gasteiger partial charge in [0.25, 0.3) is 0 Å². The molecule has 0 fully saturated rings. The highest BCUT2D eigenvalue weighted by Crippen LogP contribution is 2.32. The molecule has 0 spiro atoms. The number of furan rings is 1. The van der Waals surface area contributed by atoms with Crippen molar-refractivity contribution in [1.29, 1.82) is 0 Å². The molecule has 0 aliphatic heterocycles. The number of aliphatic imine (C=N–C) groups is 1. The summed E-state index contributed by atoms with van der Waals surface area (Å²) in [6.07, 6.45) is -3.20. The molecule has 3 aromatic rings. The molecule has 32 heavy (non-hydrogen) atoms. The molecule has 3 rings (SSSR count). The largest absolute Gasteiger partial charge is 0.490 e. The van der Waals surface area contributed by atoms with E-state index in [4.69, 9.17) is 9.15 Å². The Labute approximate surface area is 201 Å². The van der Waals surface area contributed by atoms with E-state index in [1.165, 1.54) is 13.2 Å². The van der Waals surface area contributed by atoms with E-state index in [-0.39, 0.29) is 42.1 Å². The van der Waals surface area contributed by atoms with Crippen LogP contribution in [0.1, 0.15) is 43.8 Å². The van der Waals surface area contributed by atoms with Crippen molar-refractivity contribution in [2.24, 2.45) is 12.0 Å². The topological polar surface area (TPSA) is 76.6 Å². The number of nitrogens with one attached hydrogen (secondary N) is 2. The maximum atomic E-state index is 13.2. The molecule has 0 amide bonds. The van der Waals surface area contributed by atoms with Crippen molar-refractivity contribution in [2.45, 2.75) is 39.5 Å². The summed E-state index contributed by atoms with van der Waals surface area (Å²) in [5.41, 5.74) is -0.270. The average Bonchev–Trinajstić information content (AvgIpc) is 3.30. The van der Waals surface area contributed by atoms with E-state index in [9.17, 15) is 13.2 Å². The molecule has 7 nitrogen and oxygen atoms in total. The summed E-state index contributed by atoms with van der Waals surface area (Å²) in [5, 5.41) is 10.6. The molecule has 1 aromatic carbocycles. The number of aryl methyl sites for hydroxylation is 1. The van der Waals surface area contributed by atoms with Crippen LogP contribution in [0.4, 0.5) is 13.2 Å². The van der Waals surface area contributed by atoms with Crippen LogP contribution in [0.2, 0.25) is 0 Å². The quantitative estimate of drug-likeness (QED) is 0.239. The number of fused-ring (bicyclic) bond motifs is 1. The third-order valence-electron chi connectivity index (χ3n) is 4.53. The van der Waals surface area contributed by atoms with Crippen LogP contribution in [0.25, 0.3) is 11.0 Å². The van der Waals surface area contributed by atoms with Crippen molar-refractivity contribution in [1.82, 2.24) is 20.4 Å². The minimum atomic E-state index is -4.53. The molecule has 0 saturated heterocycles. The number of halogens is 4. The van der Waals surface area contributed by atoms with Gasteiger partial charge in [0.2, 0.25) is 0 Å². The molecule has 11 heteroatoms. The molecule has 0 saturated carbocycles. The molecule has 2 N–H and O–H groups in total. The third kappa shape index (κ3) is 6.08. The number of ether oxygens (including phenoxy) is 1. The Morgan fingerprint density at radius 2 is 2.06 bits per heavy atom. The zero-order chi connectivity index (χ0) is 22.6. The van der Waals surface area contributed by atoms with E-state index in [1.807, 2.05) is 45.0 Å². The predicted octanol–water partition coefficient (Wildman–Crippen LogP) is 5.02. The molecule has 0 bridgehead atoms. The smallest absolute Gasteiger partial charge is 0.435 e. The summed E-state index contributed by atoms with van der Waals surface area (Å²) in [4.78, 5) is 4.31. The molecule has 1 atom stereocenters. The average molecular weight is 565 g/mol. The van der Waals surface area contributed by atoms with Crippen molar-refractivity contribution in [2.75, 3.05) is 13.2 Å². The summed E-state index contributed by atoms with van der Waals surface area (Å²) < 4.78 is 52.3. The lowest BCUT2D eigenvalue weighted by atomic mass is 10.2. The Morgan fingerprint density at radius 1 is 1.31 bits per heavy atom. The van der Waals surface area contributed by atoms with Gasteiger partial charge in [-0.05, 0) is 32.9 Å². The van der Waals surface area contributed by atoms with Crippen LogP contribution in [0.3, 0.4) is 0 Å². The lowest BCUT2D eigenvalue weighted by molar-refractivity contribution is -0.142. The number of hydrogen-bond acceptors (Lipinski definition) is 4. The fourth-order valence-corrected chi connectivity index (χ4v) is 3.19. The monoisotopic (exact) mass is 565 g/mol. The minimum absolute atomic E-state index is 0. The van der Waals surface area contributed by atoms with Crippen molar-refractivity contribution < 1.29 is 22.3 Å². The first-order valence-electron chi connectivity index (χ1n) is 10.0. The first kappa shape index (κ1) is 25.8. The number of nitrogens with zero attached hydrogens (tertiary/aromatic N) is 3. The maximum Gasteiger partial charge on any atom is 0.435 e. The SMILES string of the molecule is CCNC(=NCc1cn(C)nc1C(F)(F)F)NC(C)c1cc2cccc(OCC)c2o1.I. The van der Waals surface area contributed by atoms with E-state index < -0.39 is 11.9 Å². The lowest BCUT2D eigenvalue weighted by Gasteiger charge is -2.16. The highest BCUT2D eigenvalue weighted by atomic mass is 127. The zero-order valence-electron chi connectivity index (χ0n) is 18.3. The number of para-hydroxylation sites is 1. The summed E-state index contributed by atoms with van der Waals surface area (Å²) in [6, 6.07) is 7.28. The fourth-order valence-electron chi connectivity index (χ4n) is 3.19. The van der Waals surface area contributed by atoms with Crippen molar-refractivity contribution in [3.63, 3.8) is 0 Å². The van der Waals surface area contributed by atoms with Gasteiger partial charge in [-0.2, -0.15) is 18.3 Å². The number of aromatic nitrogens is 2. The number of guanidine groups is 1. The number of hydrogen-bond donors (Lipinski definition) is 2. The number of rotatable bonds is 7. The molecule has 0 aliphatic rings. The van der Waals surface area contributed by atoms with E-state index in [1.54, 1.807) is 0 Å². The number of alkyl halides is 3. The van der Waals surface area contributed by atoms with Gasteiger partial charge >= 0.3 is 6.18 Å². The van der Waals surface area contributed by atoms with Gasteiger partial charge in [-0.3, -0.25) is 4.68 Å². The standard InChI is InChI=1S/C21H26F3N5O2.HI/c1-5-25-20(26-11-15-12-29(4)28-19(15)21(22,23)24)27-13(3)17-10-14-8-7-9-16(30-6-2)18(14)31-17;/h7-10,12-13H,5-6,11H2,1-4H3,(H2,25,26,27);1H. The highest BCUT2D eigenvalue weighted by Gasteiger charge is 2.36. The van der Waals surface area contributed by atoms with Gasteiger partial charge in [0.05, 0.1) is 19.2 Å². The van der Waals surface area contributed by atoms with Gasteiger partial charge in [-0.1, -0.05) is 12.1 Å². The Kier molecular flexibility index (Phi) is 8.81. The maximum absolute atomic E-state index is 13.2. The fraction of sp³-hybridized carbons (Fsp3) is 0.429. The molecular formula is C21H27F3IN5O2. The van der Waals surface area contributed by atoms with Gasteiger partial charge < -0.3 is 19.8 Å². The van der Waals surface area contributed by atoms with Gasteiger partial charge in [0.15, 0.2) is 23.0 Å². The second-order valence-electron chi connectivity index (χ2n) is 6.99. The normalized spacial score (nSPS) is 13.0. The van der Waals surface area contributed by atoms with Crippen molar-refractivity contribution in [3.8, 4) is 5.75 Å². The van der Waals surface area contributed by atoms with Crippen LogP contribution >= 0.6 is 24.0 Å². The molecule has 2 heterocycles. The first-order valence-corrected chi connectivity index (χ1v) is 10.0. The predicted molar refractivity (Wildman–Crippen MR) is 127 cm³/mol. The van der Waals surface area contributed by atoms with E-state index >= 15 is 0 Å². The van der Waals surface area contributed by atoms with Crippen molar-refractivity contribution >= 4 is 40.9 Å². The first-order chi connectivity index (χ1) is 14.7. The Hall–Kier alpha value is -2.44. The Bertz CT molecular complexity index is 1060. The second kappa shape index (κ2) is 10.9. The molecule has 0 aliphatic carbocycles.